The summed E-state index contributed by atoms with van der Waals surface area (Å²) in [5.74, 6) is -0.361. The monoisotopic (exact) mass is 369 g/mol. The van der Waals surface area contributed by atoms with Crippen LogP contribution in [0.25, 0.3) is 0 Å². The number of aryl methyl sites for hydroxylation is 1. The van der Waals surface area contributed by atoms with Crippen molar-refractivity contribution in [1.82, 2.24) is 0 Å². The molecule has 6 heteroatoms. The molecule has 2 aromatic rings. The molecule has 1 saturated heterocycles. The predicted molar refractivity (Wildman–Crippen MR) is 101 cm³/mol. The number of benzene rings is 2. The molecule has 0 aromatic heterocycles. The third kappa shape index (κ3) is 5.82. The number of carboxylic acids is 1. The van der Waals surface area contributed by atoms with Gasteiger partial charge < -0.3 is 19.9 Å². The Morgan fingerprint density at radius 1 is 1.19 bits per heavy atom. The maximum Gasteiger partial charge on any atom is 0.303 e. The van der Waals surface area contributed by atoms with Crippen molar-refractivity contribution in [3.05, 3.63) is 59.7 Å². The number of carboxylic acid groups (broad SMARTS) is 1. The molecule has 142 valence electrons. The van der Waals surface area contributed by atoms with Crippen LogP contribution in [-0.4, -0.2) is 36.3 Å². The zero-order valence-electron chi connectivity index (χ0n) is 15.0. The van der Waals surface area contributed by atoms with Crippen LogP contribution in [0.2, 0.25) is 0 Å². The van der Waals surface area contributed by atoms with Gasteiger partial charge in [0.25, 0.3) is 5.91 Å². The first-order valence-corrected chi connectivity index (χ1v) is 9.07. The molecule has 0 aliphatic carbocycles. The zero-order valence-corrected chi connectivity index (χ0v) is 15.0. The molecule has 0 saturated carbocycles. The Bertz CT molecular complexity index is 781. The summed E-state index contributed by atoms with van der Waals surface area (Å²) in [6.45, 7) is 1.32. The lowest BCUT2D eigenvalue weighted by atomic mass is 10.1. The van der Waals surface area contributed by atoms with Crippen molar-refractivity contribution >= 4 is 17.6 Å². The lowest BCUT2D eigenvalue weighted by Gasteiger charge is -2.12. The van der Waals surface area contributed by atoms with Crippen LogP contribution in [0.1, 0.15) is 35.2 Å². The first kappa shape index (κ1) is 18.9. The van der Waals surface area contributed by atoms with Crippen LogP contribution in [-0.2, 0) is 16.0 Å². The topological polar surface area (TPSA) is 84.9 Å². The smallest absolute Gasteiger partial charge is 0.303 e. The van der Waals surface area contributed by atoms with Crippen LogP contribution in [0.15, 0.2) is 48.5 Å². The first-order valence-electron chi connectivity index (χ1n) is 9.07. The lowest BCUT2D eigenvalue weighted by Crippen LogP contribution is -2.16. The van der Waals surface area contributed by atoms with Gasteiger partial charge in [-0.2, -0.15) is 0 Å². The van der Waals surface area contributed by atoms with Crippen LogP contribution in [0.3, 0.4) is 0 Å². The van der Waals surface area contributed by atoms with E-state index < -0.39 is 5.97 Å². The molecule has 1 aliphatic heterocycles. The Balaban J connectivity index is 1.54. The highest BCUT2D eigenvalue weighted by Gasteiger charge is 2.16. The number of ether oxygens (including phenoxy) is 2. The Kier molecular flexibility index (Phi) is 6.44. The second-order valence-corrected chi connectivity index (χ2v) is 6.52. The minimum atomic E-state index is -0.841. The van der Waals surface area contributed by atoms with Crippen LogP contribution in [0.5, 0.6) is 5.75 Å². The van der Waals surface area contributed by atoms with E-state index in [1.54, 1.807) is 42.5 Å². The molecule has 1 fully saturated rings. The van der Waals surface area contributed by atoms with Gasteiger partial charge in [0, 0.05) is 24.3 Å². The molecule has 2 N–H and O–H groups in total. The van der Waals surface area contributed by atoms with Gasteiger partial charge in [0.15, 0.2) is 0 Å². The molecule has 3 rings (SSSR count). The molecule has 1 unspecified atom stereocenters. The van der Waals surface area contributed by atoms with E-state index >= 15 is 0 Å². The second-order valence-electron chi connectivity index (χ2n) is 6.52. The summed E-state index contributed by atoms with van der Waals surface area (Å²) in [4.78, 5) is 23.1. The van der Waals surface area contributed by atoms with Crippen molar-refractivity contribution < 1.29 is 24.2 Å². The fraction of sp³-hybridized carbons (Fsp3) is 0.333. The van der Waals surface area contributed by atoms with Crippen LogP contribution in [0.4, 0.5) is 5.69 Å². The third-order valence-electron chi connectivity index (χ3n) is 4.39. The summed E-state index contributed by atoms with van der Waals surface area (Å²) in [6, 6.07) is 14.2. The highest BCUT2D eigenvalue weighted by Crippen LogP contribution is 2.18. The van der Waals surface area contributed by atoms with Crippen molar-refractivity contribution in [2.75, 3.05) is 18.5 Å². The van der Waals surface area contributed by atoms with Crippen molar-refractivity contribution in [3.8, 4) is 5.75 Å². The third-order valence-corrected chi connectivity index (χ3v) is 4.39. The molecular formula is C21H23NO5. The zero-order chi connectivity index (χ0) is 19.1. The normalized spacial score (nSPS) is 16.1. The molecule has 0 radical (unpaired) electrons. The van der Waals surface area contributed by atoms with Gasteiger partial charge in [0.2, 0.25) is 0 Å². The molecule has 27 heavy (non-hydrogen) atoms. The van der Waals surface area contributed by atoms with Gasteiger partial charge in [-0.05, 0) is 61.2 Å². The van der Waals surface area contributed by atoms with E-state index in [1.165, 1.54) is 0 Å². The fourth-order valence-corrected chi connectivity index (χ4v) is 2.93. The van der Waals surface area contributed by atoms with Gasteiger partial charge in [-0.1, -0.05) is 12.1 Å². The quantitative estimate of drug-likeness (QED) is 0.744. The Morgan fingerprint density at radius 3 is 2.70 bits per heavy atom. The minimum Gasteiger partial charge on any atom is -0.491 e. The van der Waals surface area contributed by atoms with Crippen LogP contribution >= 0.6 is 0 Å². The number of anilines is 1. The van der Waals surface area contributed by atoms with E-state index in [2.05, 4.69) is 5.32 Å². The van der Waals surface area contributed by atoms with E-state index in [1.807, 2.05) is 6.07 Å². The Labute approximate surface area is 158 Å². The molecule has 0 bridgehead atoms. The summed E-state index contributed by atoms with van der Waals surface area (Å²) in [6.07, 6.45) is 2.73. The average Bonchev–Trinajstić information content (AvgIpc) is 3.19. The number of hydrogen-bond donors (Lipinski definition) is 2. The summed E-state index contributed by atoms with van der Waals surface area (Å²) in [5, 5.41) is 11.6. The highest BCUT2D eigenvalue weighted by molar-refractivity contribution is 6.04. The standard InChI is InChI=1S/C21H23NO5/c23-20(24)11-6-15-3-1-4-17(13-15)22-21(25)16-7-9-18(10-8-16)27-14-19-5-2-12-26-19/h1,3-4,7-10,13,19H,2,5-6,11-12,14H2,(H,22,25)(H,23,24). The molecule has 0 spiro atoms. The first-order chi connectivity index (χ1) is 13.1. The molecule has 1 aliphatic rings. The van der Waals surface area contributed by atoms with E-state index in [0.717, 1.165) is 25.0 Å². The molecule has 2 aromatic carbocycles. The van der Waals surface area contributed by atoms with Crippen molar-refractivity contribution in [3.63, 3.8) is 0 Å². The summed E-state index contributed by atoms with van der Waals surface area (Å²) < 4.78 is 11.2. The molecular weight excluding hydrogens is 346 g/mol. The molecule has 6 nitrogen and oxygen atoms in total. The number of carbonyl (C=O) groups excluding carboxylic acids is 1. The van der Waals surface area contributed by atoms with Crippen LogP contribution in [0, 0.1) is 0 Å². The molecule has 1 heterocycles. The van der Waals surface area contributed by atoms with E-state index in [9.17, 15) is 9.59 Å². The Morgan fingerprint density at radius 2 is 2.00 bits per heavy atom. The summed E-state index contributed by atoms with van der Waals surface area (Å²) in [5.41, 5.74) is 2.03. The SMILES string of the molecule is O=C(O)CCc1cccc(NC(=O)c2ccc(OCC3CCCO3)cc2)c1. The Hall–Kier alpha value is -2.86. The second kappa shape index (κ2) is 9.19. The van der Waals surface area contributed by atoms with E-state index in [4.69, 9.17) is 14.6 Å². The highest BCUT2D eigenvalue weighted by atomic mass is 16.5. The lowest BCUT2D eigenvalue weighted by molar-refractivity contribution is -0.136. The van der Waals surface area contributed by atoms with Gasteiger partial charge in [-0.3, -0.25) is 9.59 Å². The average molecular weight is 369 g/mol. The van der Waals surface area contributed by atoms with Crippen molar-refractivity contribution in [1.29, 1.82) is 0 Å². The van der Waals surface area contributed by atoms with Gasteiger partial charge in [-0.15, -0.1) is 0 Å². The van der Waals surface area contributed by atoms with E-state index in [-0.39, 0.29) is 18.4 Å². The fourth-order valence-electron chi connectivity index (χ4n) is 2.93. The summed E-state index contributed by atoms with van der Waals surface area (Å²) >= 11 is 0. The van der Waals surface area contributed by atoms with Crippen LogP contribution < -0.4 is 10.1 Å². The number of amides is 1. The molecule has 1 atom stereocenters. The van der Waals surface area contributed by atoms with Gasteiger partial charge in [0.05, 0.1) is 6.10 Å². The van der Waals surface area contributed by atoms with Gasteiger partial charge in [0.1, 0.15) is 12.4 Å². The number of nitrogens with one attached hydrogen (secondary N) is 1. The number of carbonyl (C=O) groups is 2. The number of rotatable bonds is 8. The van der Waals surface area contributed by atoms with E-state index in [0.29, 0.717) is 30.0 Å². The van der Waals surface area contributed by atoms with Gasteiger partial charge in [-0.25, -0.2) is 0 Å². The largest absolute Gasteiger partial charge is 0.491 e. The minimum absolute atomic E-state index is 0.0603. The predicted octanol–water partition coefficient (Wildman–Crippen LogP) is 3.51. The van der Waals surface area contributed by atoms with Crippen molar-refractivity contribution in [2.45, 2.75) is 31.8 Å². The maximum absolute atomic E-state index is 12.4. The summed E-state index contributed by atoms with van der Waals surface area (Å²) in [7, 11) is 0. The molecule has 1 amide bonds. The number of aliphatic carboxylic acids is 1. The van der Waals surface area contributed by atoms with Gasteiger partial charge >= 0.3 is 5.97 Å². The maximum atomic E-state index is 12.4. The number of hydrogen-bond acceptors (Lipinski definition) is 4. The van der Waals surface area contributed by atoms with Crippen molar-refractivity contribution in [2.24, 2.45) is 0 Å².